The number of halogens is 2. The minimum Gasteiger partial charge on any atom is -0.487 e. The molecule has 0 saturated heterocycles. The Morgan fingerprint density at radius 3 is 2.76 bits per heavy atom. The van der Waals surface area contributed by atoms with Gasteiger partial charge in [0.05, 0.1) is 15.9 Å². The predicted molar refractivity (Wildman–Crippen MR) is 83.7 cm³/mol. The van der Waals surface area contributed by atoms with Crippen molar-refractivity contribution in [2.45, 2.75) is 40.0 Å². The Labute approximate surface area is 132 Å². The lowest BCUT2D eigenvalue weighted by atomic mass is 10.1. The van der Waals surface area contributed by atoms with Crippen LogP contribution in [0.1, 0.15) is 36.8 Å². The van der Waals surface area contributed by atoms with Gasteiger partial charge >= 0.3 is 0 Å². The number of benzene rings is 1. The van der Waals surface area contributed by atoms with Crippen LogP contribution < -0.4 is 10.5 Å². The molecule has 0 fully saturated rings. The summed E-state index contributed by atoms with van der Waals surface area (Å²) in [6.45, 7) is 6.77. The van der Waals surface area contributed by atoms with E-state index < -0.39 is 0 Å². The third kappa shape index (κ3) is 3.44. The summed E-state index contributed by atoms with van der Waals surface area (Å²) in [5.41, 5.74) is 8.02. The molecule has 0 aliphatic carbocycles. The largest absolute Gasteiger partial charge is 0.487 e. The molecule has 2 N–H and O–H groups in total. The zero-order valence-electron chi connectivity index (χ0n) is 12.4. The molecular formula is C15H19BrFN3O. The Kier molecular flexibility index (Phi) is 5.00. The molecule has 0 bridgehead atoms. The van der Waals surface area contributed by atoms with Crippen molar-refractivity contribution in [2.75, 3.05) is 0 Å². The molecule has 1 atom stereocenters. The lowest BCUT2D eigenvalue weighted by Gasteiger charge is -2.11. The van der Waals surface area contributed by atoms with E-state index in [1.165, 1.54) is 6.07 Å². The first-order valence-corrected chi connectivity index (χ1v) is 7.63. The topological polar surface area (TPSA) is 53.1 Å². The van der Waals surface area contributed by atoms with Crippen molar-refractivity contribution >= 4 is 15.9 Å². The van der Waals surface area contributed by atoms with Gasteiger partial charge in [0.25, 0.3) is 0 Å². The summed E-state index contributed by atoms with van der Waals surface area (Å²) in [5.74, 6) is 0.132. The Bertz CT molecular complexity index is 640. The van der Waals surface area contributed by atoms with E-state index in [1.807, 2.05) is 18.5 Å². The highest BCUT2D eigenvalue weighted by molar-refractivity contribution is 9.10. The number of hydrogen-bond donors (Lipinski definition) is 1. The zero-order chi connectivity index (χ0) is 15.6. The van der Waals surface area contributed by atoms with E-state index in [9.17, 15) is 4.39 Å². The molecular weight excluding hydrogens is 337 g/mol. The van der Waals surface area contributed by atoms with Gasteiger partial charge in [-0.2, -0.15) is 5.10 Å². The van der Waals surface area contributed by atoms with Crippen LogP contribution in [0, 0.1) is 12.7 Å². The van der Waals surface area contributed by atoms with Crippen molar-refractivity contribution in [3.05, 3.63) is 45.4 Å². The number of aromatic nitrogens is 2. The van der Waals surface area contributed by atoms with Crippen molar-refractivity contribution in [2.24, 2.45) is 5.73 Å². The Morgan fingerprint density at radius 2 is 2.19 bits per heavy atom. The molecule has 1 heterocycles. The molecule has 1 aromatic heterocycles. The summed E-state index contributed by atoms with van der Waals surface area (Å²) < 4.78 is 22.3. The fourth-order valence-electron chi connectivity index (χ4n) is 2.13. The SMILES string of the molecule is CCn1nc(C)c(Br)c1COc1ccc([C@@H](C)N)c(F)c1. The quantitative estimate of drug-likeness (QED) is 0.889. The molecule has 1 aromatic carbocycles. The lowest BCUT2D eigenvalue weighted by Crippen LogP contribution is -2.09. The second-order valence-electron chi connectivity index (χ2n) is 4.92. The number of ether oxygens (including phenoxy) is 1. The molecule has 0 unspecified atom stereocenters. The average Bonchev–Trinajstić information content (AvgIpc) is 2.71. The maximum atomic E-state index is 13.9. The minimum atomic E-state index is -0.346. The summed E-state index contributed by atoms with van der Waals surface area (Å²) in [7, 11) is 0. The standard InChI is InChI=1S/C15H19BrFN3O/c1-4-20-14(15(16)10(3)19-20)8-21-11-5-6-12(9(2)18)13(17)7-11/h5-7,9H,4,8,18H2,1-3H3/t9-/m1/s1. The number of rotatable bonds is 5. The molecule has 2 aromatic rings. The monoisotopic (exact) mass is 355 g/mol. The maximum Gasteiger partial charge on any atom is 0.131 e. The molecule has 0 saturated carbocycles. The fraction of sp³-hybridized carbons (Fsp3) is 0.400. The maximum absolute atomic E-state index is 13.9. The van der Waals surface area contributed by atoms with Gasteiger partial charge in [0.1, 0.15) is 18.2 Å². The Balaban J connectivity index is 2.15. The highest BCUT2D eigenvalue weighted by Crippen LogP contribution is 2.25. The molecule has 2 rings (SSSR count). The first kappa shape index (κ1) is 16.0. The second-order valence-corrected chi connectivity index (χ2v) is 5.72. The van der Waals surface area contributed by atoms with E-state index in [4.69, 9.17) is 10.5 Å². The van der Waals surface area contributed by atoms with Gasteiger partial charge in [0.15, 0.2) is 0 Å². The van der Waals surface area contributed by atoms with Crippen molar-refractivity contribution in [1.29, 1.82) is 0 Å². The normalized spacial score (nSPS) is 12.5. The van der Waals surface area contributed by atoms with Gasteiger partial charge in [-0.25, -0.2) is 4.39 Å². The van der Waals surface area contributed by atoms with E-state index in [0.29, 0.717) is 17.9 Å². The highest BCUT2D eigenvalue weighted by atomic mass is 79.9. The first-order chi connectivity index (χ1) is 9.93. The van der Waals surface area contributed by atoms with Crippen molar-refractivity contribution < 1.29 is 9.13 Å². The second kappa shape index (κ2) is 6.58. The van der Waals surface area contributed by atoms with Crippen LogP contribution in [0.2, 0.25) is 0 Å². The third-order valence-electron chi connectivity index (χ3n) is 3.29. The minimum absolute atomic E-state index is 0.326. The Hall–Kier alpha value is -1.40. The first-order valence-electron chi connectivity index (χ1n) is 6.83. The van der Waals surface area contributed by atoms with E-state index in [1.54, 1.807) is 19.1 Å². The molecule has 0 aliphatic heterocycles. The van der Waals surface area contributed by atoms with Crippen LogP contribution in [0.3, 0.4) is 0 Å². The lowest BCUT2D eigenvalue weighted by molar-refractivity contribution is 0.290. The molecule has 0 spiro atoms. The summed E-state index contributed by atoms with van der Waals surface area (Å²) in [6.07, 6.45) is 0. The summed E-state index contributed by atoms with van der Waals surface area (Å²) in [4.78, 5) is 0. The highest BCUT2D eigenvalue weighted by Gasteiger charge is 2.13. The van der Waals surface area contributed by atoms with Crippen LogP contribution in [-0.2, 0) is 13.2 Å². The average molecular weight is 356 g/mol. The van der Waals surface area contributed by atoms with Gasteiger partial charge in [-0.1, -0.05) is 6.07 Å². The van der Waals surface area contributed by atoms with Crippen molar-refractivity contribution in [3.8, 4) is 5.75 Å². The van der Waals surface area contributed by atoms with E-state index in [0.717, 1.165) is 22.4 Å². The molecule has 21 heavy (non-hydrogen) atoms. The smallest absolute Gasteiger partial charge is 0.131 e. The molecule has 0 amide bonds. The van der Waals surface area contributed by atoms with Crippen LogP contribution in [0.15, 0.2) is 22.7 Å². The number of nitrogens with two attached hydrogens (primary N) is 1. The van der Waals surface area contributed by atoms with Crippen LogP contribution in [-0.4, -0.2) is 9.78 Å². The number of nitrogens with zero attached hydrogens (tertiary/aromatic N) is 2. The van der Waals surface area contributed by atoms with Gasteiger partial charge < -0.3 is 10.5 Å². The summed E-state index contributed by atoms with van der Waals surface area (Å²) in [5, 5.41) is 4.39. The molecule has 0 aliphatic rings. The number of hydrogen-bond acceptors (Lipinski definition) is 3. The summed E-state index contributed by atoms with van der Waals surface area (Å²) >= 11 is 3.51. The third-order valence-corrected chi connectivity index (χ3v) is 4.32. The van der Waals surface area contributed by atoms with Crippen molar-refractivity contribution in [3.63, 3.8) is 0 Å². The van der Waals surface area contributed by atoms with Gasteiger partial charge in [-0.3, -0.25) is 4.68 Å². The van der Waals surface area contributed by atoms with E-state index >= 15 is 0 Å². The van der Waals surface area contributed by atoms with Gasteiger partial charge in [-0.05, 0) is 42.8 Å². The van der Waals surface area contributed by atoms with Gasteiger partial charge in [0, 0.05) is 24.2 Å². The van der Waals surface area contributed by atoms with E-state index in [2.05, 4.69) is 21.0 Å². The van der Waals surface area contributed by atoms with Crippen LogP contribution >= 0.6 is 15.9 Å². The van der Waals surface area contributed by atoms with E-state index in [-0.39, 0.29) is 11.9 Å². The number of aryl methyl sites for hydroxylation is 2. The van der Waals surface area contributed by atoms with Crippen LogP contribution in [0.25, 0.3) is 0 Å². The summed E-state index contributed by atoms with van der Waals surface area (Å²) in [6, 6.07) is 4.42. The van der Waals surface area contributed by atoms with Crippen LogP contribution in [0.5, 0.6) is 5.75 Å². The van der Waals surface area contributed by atoms with Crippen molar-refractivity contribution in [1.82, 2.24) is 9.78 Å². The Morgan fingerprint density at radius 1 is 1.48 bits per heavy atom. The predicted octanol–water partition coefficient (Wildman–Crippen LogP) is 3.71. The fourth-order valence-corrected chi connectivity index (χ4v) is 2.52. The zero-order valence-corrected chi connectivity index (χ0v) is 13.9. The molecule has 4 nitrogen and oxygen atoms in total. The molecule has 0 radical (unpaired) electrons. The van der Waals surface area contributed by atoms with Gasteiger partial charge in [0.2, 0.25) is 0 Å². The van der Waals surface area contributed by atoms with Crippen LogP contribution in [0.4, 0.5) is 4.39 Å². The van der Waals surface area contributed by atoms with Gasteiger partial charge in [-0.15, -0.1) is 0 Å². The molecule has 6 heteroatoms. The molecule has 114 valence electrons.